The number of aryl methyl sites for hydroxylation is 1. The third-order valence-electron chi connectivity index (χ3n) is 5.31. The zero-order valence-corrected chi connectivity index (χ0v) is 14.8. The van der Waals surface area contributed by atoms with Crippen LogP contribution >= 0.6 is 0 Å². The van der Waals surface area contributed by atoms with Crippen molar-refractivity contribution in [2.24, 2.45) is 11.3 Å². The SMILES string of the molecule is Cc1ccc2c(c1)C(C1C(=O)CC(C)(C)CC1=O)c1ccccc1O2. The lowest BCUT2D eigenvalue weighted by Crippen LogP contribution is -2.41. The third kappa shape index (κ3) is 2.68. The summed E-state index contributed by atoms with van der Waals surface area (Å²) in [6.07, 6.45) is 0.897. The normalized spacial score (nSPS) is 22.1. The number of hydrogen-bond acceptors (Lipinski definition) is 3. The summed E-state index contributed by atoms with van der Waals surface area (Å²) >= 11 is 0. The van der Waals surface area contributed by atoms with Crippen molar-refractivity contribution >= 4 is 11.6 Å². The van der Waals surface area contributed by atoms with Gasteiger partial charge in [-0.25, -0.2) is 0 Å². The molecule has 0 aromatic heterocycles. The standard InChI is InChI=1S/C22H22O3/c1-13-8-9-19-15(10-13)20(14-6-4-5-7-18(14)25-19)21-16(23)11-22(2,3)12-17(21)24/h4-10,20-21H,11-12H2,1-3H3. The van der Waals surface area contributed by atoms with Gasteiger partial charge < -0.3 is 4.74 Å². The van der Waals surface area contributed by atoms with E-state index in [1.165, 1.54) is 0 Å². The van der Waals surface area contributed by atoms with E-state index in [9.17, 15) is 9.59 Å². The van der Waals surface area contributed by atoms with Gasteiger partial charge in [0.1, 0.15) is 23.1 Å². The van der Waals surface area contributed by atoms with E-state index in [1.54, 1.807) is 0 Å². The maximum atomic E-state index is 13.0. The Hall–Kier alpha value is -2.42. The minimum absolute atomic E-state index is 0.0513. The smallest absolute Gasteiger partial charge is 0.144 e. The van der Waals surface area contributed by atoms with Crippen molar-refractivity contribution in [1.29, 1.82) is 0 Å². The molecule has 0 spiro atoms. The molecule has 2 aliphatic rings. The summed E-state index contributed by atoms with van der Waals surface area (Å²) in [5, 5.41) is 0. The van der Waals surface area contributed by atoms with Gasteiger partial charge in [0.15, 0.2) is 0 Å². The van der Waals surface area contributed by atoms with Crippen molar-refractivity contribution in [1.82, 2.24) is 0 Å². The molecule has 1 aliphatic heterocycles. The fraction of sp³-hybridized carbons (Fsp3) is 0.364. The predicted molar refractivity (Wildman–Crippen MR) is 96.1 cm³/mol. The molecule has 1 atom stereocenters. The minimum atomic E-state index is -0.612. The van der Waals surface area contributed by atoms with Crippen LogP contribution in [-0.4, -0.2) is 11.6 Å². The fourth-order valence-electron chi connectivity index (χ4n) is 4.26. The number of carbonyl (C=O) groups is 2. The van der Waals surface area contributed by atoms with Crippen LogP contribution in [0.1, 0.15) is 49.3 Å². The summed E-state index contributed by atoms with van der Waals surface area (Å²) in [4.78, 5) is 25.9. The first-order chi connectivity index (χ1) is 11.9. The number of fused-ring (bicyclic) bond motifs is 2. The second-order valence-electron chi connectivity index (χ2n) is 8.09. The van der Waals surface area contributed by atoms with Gasteiger partial charge in [0, 0.05) is 29.9 Å². The third-order valence-corrected chi connectivity index (χ3v) is 5.31. The molecule has 0 saturated heterocycles. The van der Waals surface area contributed by atoms with Crippen molar-refractivity contribution in [2.45, 2.75) is 39.5 Å². The zero-order chi connectivity index (χ0) is 17.8. The van der Waals surface area contributed by atoms with Crippen LogP contribution in [0.3, 0.4) is 0 Å². The van der Waals surface area contributed by atoms with Crippen LogP contribution in [0.2, 0.25) is 0 Å². The number of ether oxygens (including phenoxy) is 1. The minimum Gasteiger partial charge on any atom is -0.457 e. The van der Waals surface area contributed by atoms with E-state index in [0.29, 0.717) is 12.8 Å². The lowest BCUT2D eigenvalue weighted by Gasteiger charge is -2.38. The molecule has 128 valence electrons. The Kier molecular flexibility index (Phi) is 3.57. The molecular weight excluding hydrogens is 312 g/mol. The highest BCUT2D eigenvalue weighted by Crippen LogP contribution is 2.50. The second kappa shape index (κ2) is 5.55. The largest absolute Gasteiger partial charge is 0.457 e. The van der Waals surface area contributed by atoms with Crippen LogP contribution in [0, 0.1) is 18.3 Å². The summed E-state index contributed by atoms with van der Waals surface area (Å²) in [6, 6.07) is 13.7. The highest BCUT2D eigenvalue weighted by Gasteiger charge is 2.46. The van der Waals surface area contributed by atoms with E-state index >= 15 is 0 Å². The number of Topliss-reactive ketones (excluding diaryl/α,β-unsaturated/α-hetero) is 2. The van der Waals surface area contributed by atoms with E-state index in [1.807, 2.05) is 57.2 Å². The Morgan fingerprint density at radius 1 is 0.880 bits per heavy atom. The van der Waals surface area contributed by atoms with Crippen LogP contribution < -0.4 is 4.74 Å². The van der Waals surface area contributed by atoms with Crippen LogP contribution in [-0.2, 0) is 9.59 Å². The Morgan fingerprint density at radius 3 is 2.24 bits per heavy atom. The summed E-state index contributed by atoms with van der Waals surface area (Å²) < 4.78 is 6.04. The number of carbonyl (C=O) groups excluding carboxylic acids is 2. The summed E-state index contributed by atoms with van der Waals surface area (Å²) in [6.45, 7) is 6.01. The monoisotopic (exact) mass is 334 g/mol. The lowest BCUT2D eigenvalue weighted by molar-refractivity contribution is -0.140. The molecule has 1 fully saturated rings. The average Bonchev–Trinajstić information content (AvgIpc) is 2.53. The molecule has 3 heteroatoms. The van der Waals surface area contributed by atoms with Crippen molar-refractivity contribution in [2.75, 3.05) is 0 Å². The molecule has 3 nitrogen and oxygen atoms in total. The molecule has 0 radical (unpaired) electrons. The van der Waals surface area contributed by atoms with Gasteiger partial charge in [0.25, 0.3) is 0 Å². The number of ketones is 2. The van der Waals surface area contributed by atoms with E-state index in [2.05, 4.69) is 6.07 Å². The van der Waals surface area contributed by atoms with E-state index in [0.717, 1.165) is 28.2 Å². The molecule has 0 amide bonds. The lowest BCUT2D eigenvalue weighted by atomic mass is 9.64. The van der Waals surface area contributed by atoms with Crippen molar-refractivity contribution < 1.29 is 14.3 Å². The first-order valence-electron chi connectivity index (χ1n) is 8.78. The number of benzene rings is 2. The van der Waals surface area contributed by atoms with E-state index in [-0.39, 0.29) is 22.9 Å². The van der Waals surface area contributed by atoms with Gasteiger partial charge in [-0.2, -0.15) is 0 Å². The van der Waals surface area contributed by atoms with Gasteiger partial charge in [-0.05, 0) is 24.5 Å². The molecular formula is C22H22O3. The zero-order valence-electron chi connectivity index (χ0n) is 14.8. The van der Waals surface area contributed by atoms with Gasteiger partial charge in [-0.15, -0.1) is 0 Å². The topological polar surface area (TPSA) is 43.4 Å². The van der Waals surface area contributed by atoms with E-state index in [4.69, 9.17) is 4.74 Å². The fourth-order valence-corrected chi connectivity index (χ4v) is 4.26. The Balaban J connectivity index is 1.88. The molecule has 1 aliphatic carbocycles. The molecule has 25 heavy (non-hydrogen) atoms. The summed E-state index contributed by atoms with van der Waals surface area (Å²) in [5.41, 5.74) is 2.74. The first kappa shape index (κ1) is 16.1. The van der Waals surface area contributed by atoms with Crippen LogP contribution in [0.15, 0.2) is 42.5 Å². The van der Waals surface area contributed by atoms with Gasteiger partial charge in [-0.1, -0.05) is 49.7 Å². The summed E-state index contributed by atoms with van der Waals surface area (Å²) in [5.74, 6) is 0.731. The van der Waals surface area contributed by atoms with Crippen LogP contribution in [0.25, 0.3) is 0 Å². The Morgan fingerprint density at radius 2 is 1.52 bits per heavy atom. The van der Waals surface area contributed by atoms with E-state index < -0.39 is 5.92 Å². The highest BCUT2D eigenvalue weighted by atomic mass is 16.5. The number of rotatable bonds is 1. The van der Waals surface area contributed by atoms with Gasteiger partial charge >= 0.3 is 0 Å². The number of para-hydroxylation sites is 1. The second-order valence-corrected chi connectivity index (χ2v) is 8.09. The maximum absolute atomic E-state index is 13.0. The summed E-state index contributed by atoms with van der Waals surface area (Å²) in [7, 11) is 0. The maximum Gasteiger partial charge on any atom is 0.144 e. The molecule has 0 N–H and O–H groups in total. The van der Waals surface area contributed by atoms with Crippen molar-refractivity contribution in [3.8, 4) is 11.5 Å². The van der Waals surface area contributed by atoms with Gasteiger partial charge in [-0.3, -0.25) is 9.59 Å². The van der Waals surface area contributed by atoms with Gasteiger partial charge in [0.05, 0.1) is 5.92 Å². The highest BCUT2D eigenvalue weighted by molar-refractivity contribution is 6.06. The predicted octanol–water partition coefficient (Wildman–Crippen LogP) is 4.81. The average molecular weight is 334 g/mol. The quantitative estimate of drug-likeness (QED) is 0.703. The molecule has 0 bridgehead atoms. The number of hydrogen-bond donors (Lipinski definition) is 0. The molecule has 4 rings (SSSR count). The van der Waals surface area contributed by atoms with Crippen LogP contribution in [0.5, 0.6) is 11.5 Å². The molecule has 2 aromatic rings. The molecule has 1 unspecified atom stereocenters. The molecule has 2 aromatic carbocycles. The Labute approximate surface area is 148 Å². The van der Waals surface area contributed by atoms with Gasteiger partial charge in [0.2, 0.25) is 0 Å². The first-order valence-corrected chi connectivity index (χ1v) is 8.78. The molecule has 1 heterocycles. The molecule has 1 saturated carbocycles. The van der Waals surface area contributed by atoms with Crippen molar-refractivity contribution in [3.05, 3.63) is 59.2 Å². The Bertz CT molecular complexity index is 859. The van der Waals surface area contributed by atoms with Crippen molar-refractivity contribution in [3.63, 3.8) is 0 Å². The van der Waals surface area contributed by atoms with Crippen LogP contribution in [0.4, 0.5) is 0 Å².